The number of carboxylic acids is 1. The van der Waals surface area contributed by atoms with Gasteiger partial charge in [-0.15, -0.1) is 0 Å². The summed E-state index contributed by atoms with van der Waals surface area (Å²) in [7, 11) is 1.59. The first-order valence-corrected chi connectivity index (χ1v) is 9.76. The van der Waals surface area contributed by atoms with E-state index in [1.54, 1.807) is 7.11 Å². The molecule has 0 saturated heterocycles. The van der Waals surface area contributed by atoms with Gasteiger partial charge in [-0.1, -0.05) is 35.9 Å². The van der Waals surface area contributed by atoms with Crippen LogP contribution in [0.3, 0.4) is 0 Å². The molecule has 0 aliphatic heterocycles. The first kappa shape index (κ1) is 21.0. The third kappa shape index (κ3) is 4.50. The molecule has 0 spiro atoms. The number of carbonyl (C=O) groups is 1. The summed E-state index contributed by atoms with van der Waals surface area (Å²) in [5, 5.41) is 10.2. The SMILES string of the molecule is COCc1nc(-c2ccc(C)c(C)c2)c(C)c(-c2ccc(Cl)cc2)c1CC(=O)O. The standard InChI is InChI=1S/C24H24ClNO3/c1-14-5-6-18(11-15(14)2)24-16(3)23(17-7-9-19(25)10-8-17)20(12-22(27)28)21(26-24)13-29-4/h5-11H,12-13H2,1-4H3,(H,27,28). The van der Waals surface area contributed by atoms with Crippen LogP contribution in [-0.4, -0.2) is 23.2 Å². The van der Waals surface area contributed by atoms with Gasteiger partial charge in [0.15, 0.2) is 0 Å². The average molecular weight is 410 g/mol. The van der Waals surface area contributed by atoms with Crippen molar-refractivity contribution >= 4 is 17.6 Å². The van der Waals surface area contributed by atoms with Gasteiger partial charge in [0.1, 0.15) is 0 Å². The summed E-state index contributed by atoms with van der Waals surface area (Å²) >= 11 is 6.08. The Morgan fingerprint density at radius 3 is 2.28 bits per heavy atom. The average Bonchev–Trinajstić information content (AvgIpc) is 2.67. The fourth-order valence-electron chi connectivity index (χ4n) is 3.55. The molecule has 3 aromatic rings. The molecule has 4 nitrogen and oxygen atoms in total. The molecule has 3 rings (SSSR count). The number of ether oxygens (including phenoxy) is 1. The maximum absolute atomic E-state index is 11.6. The summed E-state index contributed by atoms with van der Waals surface area (Å²) in [6.07, 6.45) is -0.127. The third-order valence-corrected chi connectivity index (χ3v) is 5.40. The van der Waals surface area contributed by atoms with Gasteiger partial charge in [0.05, 0.1) is 24.4 Å². The van der Waals surface area contributed by atoms with E-state index >= 15 is 0 Å². The van der Waals surface area contributed by atoms with E-state index in [1.165, 1.54) is 11.1 Å². The quantitative estimate of drug-likeness (QED) is 0.561. The second-order valence-corrected chi connectivity index (χ2v) is 7.63. The van der Waals surface area contributed by atoms with Crippen LogP contribution in [0.25, 0.3) is 22.4 Å². The molecule has 1 heterocycles. The second-order valence-electron chi connectivity index (χ2n) is 7.20. The molecule has 0 bridgehead atoms. The number of hydrogen-bond donors (Lipinski definition) is 1. The van der Waals surface area contributed by atoms with Crippen molar-refractivity contribution in [1.82, 2.24) is 4.98 Å². The van der Waals surface area contributed by atoms with Gasteiger partial charge >= 0.3 is 5.97 Å². The molecule has 1 N–H and O–H groups in total. The van der Waals surface area contributed by atoms with Crippen LogP contribution in [0.1, 0.15) is 27.9 Å². The van der Waals surface area contributed by atoms with Crippen LogP contribution in [0, 0.1) is 20.8 Å². The summed E-state index contributed by atoms with van der Waals surface area (Å²) in [6, 6.07) is 13.7. The summed E-state index contributed by atoms with van der Waals surface area (Å²) < 4.78 is 5.36. The van der Waals surface area contributed by atoms with Crippen molar-refractivity contribution in [1.29, 1.82) is 0 Å². The molecule has 29 heavy (non-hydrogen) atoms. The molecule has 0 atom stereocenters. The van der Waals surface area contributed by atoms with Crippen LogP contribution >= 0.6 is 11.6 Å². The molecule has 5 heteroatoms. The van der Waals surface area contributed by atoms with Crippen molar-refractivity contribution in [3.63, 3.8) is 0 Å². The fourth-order valence-corrected chi connectivity index (χ4v) is 3.68. The predicted octanol–water partition coefficient (Wildman–Crippen LogP) is 5.77. The Hall–Kier alpha value is -2.69. The predicted molar refractivity (Wildman–Crippen MR) is 116 cm³/mol. The number of pyridine rings is 1. The van der Waals surface area contributed by atoms with Crippen LogP contribution in [0.5, 0.6) is 0 Å². The summed E-state index contributed by atoms with van der Waals surface area (Å²) in [5.74, 6) is -0.905. The minimum Gasteiger partial charge on any atom is -0.481 e. The molecule has 2 aromatic carbocycles. The molecule has 0 fully saturated rings. The zero-order valence-corrected chi connectivity index (χ0v) is 17.8. The molecular weight excluding hydrogens is 386 g/mol. The van der Waals surface area contributed by atoms with Crippen LogP contribution in [-0.2, 0) is 22.6 Å². The molecule has 150 valence electrons. The summed E-state index contributed by atoms with van der Waals surface area (Å²) in [4.78, 5) is 16.5. The zero-order valence-electron chi connectivity index (χ0n) is 17.0. The molecular formula is C24H24ClNO3. The first-order valence-electron chi connectivity index (χ1n) is 9.38. The number of hydrogen-bond acceptors (Lipinski definition) is 3. The minimum atomic E-state index is -0.905. The van der Waals surface area contributed by atoms with Gasteiger partial charge < -0.3 is 9.84 Å². The summed E-state index contributed by atoms with van der Waals surface area (Å²) in [5.41, 5.74) is 8.26. The van der Waals surface area contributed by atoms with Gasteiger partial charge in [-0.2, -0.15) is 0 Å². The number of rotatable bonds is 6. The Bertz CT molecular complexity index is 1060. The third-order valence-electron chi connectivity index (χ3n) is 5.15. The number of nitrogens with zero attached hydrogens (tertiary/aromatic N) is 1. The number of carboxylic acid groups (broad SMARTS) is 1. The van der Waals surface area contributed by atoms with Crippen molar-refractivity contribution in [2.75, 3.05) is 7.11 Å². The lowest BCUT2D eigenvalue weighted by atomic mass is 9.89. The first-order chi connectivity index (χ1) is 13.8. The van der Waals surface area contributed by atoms with E-state index in [9.17, 15) is 9.90 Å². The highest BCUT2D eigenvalue weighted by Crippen LogP contribution is 2.36. The molecule has 1 aromatic heterocycles. The van der Waals surface area contributed by atoms with E-state index in [-0.39, 0.29) is 13.0 Å². The monoisotopic (exact) mass is 409 g/mol. The van der Waals surface area contributed by atoms with E-state index in [4.69, 9.17) is 21.3 Å². The van der Waals surface area contributed by atoms with Gasteiger partial charge in [-0.3, -0.25) is 4.79 Å². The number of aliphatic carboxylic acids is 1. The smallest absolute Gasteiger partial charge is 0.307 e. The van der Waals surface area contributed by atoms with E-state index in [1.807, 2.05) is 31.2 Å². The number of halogens is 1. The van der Waals surface area contributed by atoms with Crippen molar-refractivity contribution in [2.45, 2.75) is 33.8 Å². The van der Waals surface area contributed by atoms with Crippen LogP contribution in [0.4, 0.5) is 0 Å². The van der Waals surface area contributed by atoms with E-state index < -0.39 is 5.97 Å². The van der Waals surface area contributed by atoms with E-state index in [0.29, 0.717) is 16.3 Å². The lowest BCUT2D eigenvalue weighted by Gasteiger charge is -2.20. The Morgan fingerprint density at radius 2 is 1.69 bits per heavy atom. The number of aromatic nitrogens is 1. The minimum absolute atomic E-state index is 0.127. The Balaban J connectivity index is 2.34. The van der Waals surface area contributed by atoms with Crippen molar-refractivity contribution in [3.8, 4) is 22.4 Å². The number of methoxy groups -OCH3 is 1. The maximum Gasteiger partial charge on any atom is 0.307 e. The van der Waals surface area contributed by atoms with Crippen LogP contribution in [0.15, 0.2) is 42.5 Å². The second kappa shape index (κ2) is 8.76. The number of benzene rings is 2. The zero-order chi connectivity index (χ0) is 21.1. The lowest BCUT2D eigenvalue weighted by Crippen LogP contribution is -2.11. The van der Waals surface area contributed by atoms with Crippen molar-refractivity contribution in [2.24, 2.45) is 0 Å². The van der Waals surface area contributed by atoms with Crippen LogP contribution in [0.2, 0.25) is 5.02 Å². The molecule has 0 aliphatic rings. The van der Waals surface area contributed by atoms with Crippen molar-refractivity contribution in [3.05, 3.63) is 75.4 Å². The number of aryl methyl sites for hydroxylation is 2. The molecule has 0 saturated carbocycles. The molecule has 0 amide bonds. The van der Waals surface area contributed by atoms with Gasteiger partial charge in [-0.05, 0) is 72.4 Å². The molecule has 0 unspecified atom stereocenters. The highest BCUT2D eigenvalue weighted by molar-refractivity contribution is 6.30. The van der Waals surface area contributed by atoms with Gasteiger partial charge in [0, 0.05) is 17.7 Å². The van der Waals surface area contributed by atoms with E-state index in [0.717, 1.165) is 27.9 Å². The topological polar surface area (TPSA) is 59.4 Å². The van der Waals surface area contributed by atoms with Gasteiger partial charge in [0.2, 0.25) is 0 Å². The van der Waals surface area contributed by atoms with Crippen LogP contribution < -0.4 is 0 Å². The highest BCUT2D eigenvalue weighted by Gasteiger charge is 2.21. The van der Waals surface area contributed by atoms with Gasteiger partial charge in [-0.25, -0.2) is 4.98 Å². The van der Waals surface area contributed by atoms with E-state index in [2.05, 4.69) is 32.0 Å². The molecule has 0 radical (unpaired) electrons. The lowest BCUT2D eigenvalue weighted by molar-refractivity contribution is -0.136. The fraction of sp³-hybridized carbons (Fsp3) is 0.250. The maximum atomic E-state index is 11.6. The van der Waals surface area contributed by atoms with Gasteiger partial charge in [0.25, 0.3) is 0 Å². The Morgan fingerprint density at radius 1 is 1.03 bits per heavy atom. The highest BCUT2D eigenvalue weighted by atomic mass is 35.5. The summed E-state index contributed by atoms with van der Waals surface area (Å²) in [6.45, 7) is 6.37. The normalized spacial score (nSPS) is 10.9. The molecule has 0 aliphatic carbocycles. The largest absolute Gasteiger partial charge is 0.481 e. The van der Waals surface area contributed by atoms with Crippen molar-refractivity contribution < 1.29 is 14.6 Å². The Kier molecular flexibility index (Phi) is 6.36. The Labute approximate surface area is 176 Å².